The fourth-order valence-electron chi connectivity index (χ4n) is 3.02. The lowest BCUT2D eigenvalue weighted by atomic mass is 9.92. The normalized spacial score (nSPS) is 14.0. The molecule has 0 aromatic heterocycles. The van der Waals surface area contributed by atoms with Crippen LogP contribution >= 0.6 is 11.8 Å². The van der Waals surface area contributed by atoms with E-state index in [9.17, 15) is 15.0 Å². The Morgan fingerprint density at radius 3 is 2.33 bits per heavy atom. The number of hydrogen-bond acceptors (Lipinski definition) is 4. The minimum absolute atomic E-state index is 0.0212. The van der Waals surface area contributed by atoms with Gasteiger partial charge in [0, 0.05) is 12.7 Å². The second-order valence-electron chi connectivity index (χ2n) is 5.87. The Hall–Kier alpha value is -1.88. The van der Waals surface area contributed by atoms with E-state index in [-0.39, 0.29) is 5.12 Å². The van der Waals surface area contributed by atoms with Crippen LogP contribution in [0.4, 0.5) is 0 Å². The van der Waals surface area contributed by atoms with Crippen molar-refractivity contribution in [1.82, 2.24) is 0 Å². The van der Waals surface area contributed by atoms with Crippen molar-refractivity contribution in [3.05, 3.63) is 60.2 Å². The zero-order valence-electron chi connectivity index (χ0n) is 13.5. The Kier molecular flexibility index (Phi) is 5.19. The van der Waals surface area contributed by atoms with Gasteiger partial charge in [-0.15, -0.1) is 0 Å². The van der Waals surface area contributed by atoms with Gasteiger partial charge >= 0.3 is 0 Å². The standard InChI is InChI=1S/C20H20O3S/c1-13(21)24-11-10-19(22)20(23)18-12-14-6-2-3-7-15(14)16-8-4-5-9-17(16)18/h2-9,12,19-20,22-23H,10-11H2,1H3. The molecule has 24 heavy (non-hydrogen) atoms. The topological polar surface area (TPSA) is 57.5 Å². The maximum Gasteiger partial charge on any atom is 0.185 e. The molecule has 3 aromatic carbocycles. The number of benzene rings is 3. The van der Waals surface area contributed by atoms with E-state index in [4.69, 9.17) is 0 Å². The van der Waals surface area contributed by atoms with Crippen LogP contribution in [0.25, 0.3) is 21.5 Å². The third-order valence-electron chi connectivity index (χ3n) is 4.20. The van der Waals surface area contributed by atoms with Gasteiger partial charge in [-0.2, -0.15) is 0 Å². The number of thioether (sulfide) groups is 1. The number of rotatable bonds is 5. The minimum Gasteiger partial charge on any atom is -0.390 e. The van der Waals surface area contributed by atoms with Gasteiger partial charge in [-0.05, 0) is 39.6 Å². The molecule has 0 bridgehead atoms. The van der Waals surface area contributed by atoms with Crippen LogP contribution in [0.1, 0.15) is 25.0 Å². The summed E-state index contributed by atoms with van der Waals surface area (Å²) in [4.78, 5) is 11.0. The Morgan fingerprint density at radius 1 is 1.00 bits per heavy atom. The maximum absolute atomic E-state index is 11.0. The molecular weight excluding hydrogens is 320 g/mol. The van der Waals surface area contributed by atoms with Crippen LogP contribution in [0, 0.1) is 0 Å². The second-order valence-corrected chi connectivity index (χ2v) is 7.15. The number of hydrogen-bond donors (Lipinski definition) is 2. The number of carbonyl (C=O) groups excluding carboxylic acids is 1. The van der Waals surface area contributed by atoms with Crippen molar-refractivity contribution < 1.29 is 15.0 Å². The van der Waals surface area contributed by atoms with Crippen LogP contribution in [-0.4, -0.2) is 27.2 Å². The third-order valence-corrected chi connectivity index (χ3v) is 5.05. The predicted octanol–water partition coefficient (Wildman–Crippen LogP) is 4.06. The highest BCUT2D eigenvalue weighted by Crippen LogP contribution is 2.33. The first-order valence-electron chi connectivity index (χ1n) is 7.98. The molecule has 0 aliphatic rings. The molecule has 0 aliphatic carbocycles. The maximum atomic E-state index is 11.0. The SMILES string of the molecule is CC(=O)SCCC(O)C(O)c1cc2ccccc2c2ccccc12. The van der Waals surface area contributed by atoms with Gasteiger partial charge in [0.15, 0.2) is 5.12 Å². The smallest absolute Gasteiger partial charge is 0.185 e. The van der Waals surface area contributed by atoms with E-state index in [1.54, 1.807) is 0 Å². The average Bonchev–Trinajstić information content (AvgIpc) is 2.60. The highest BCUT2D eigenvalue weighted by molar-refractivity contribution is 8.13. The van der Waals surface area contributed by atoms with Crippen LogP contribution in [0.2, 0.25) is 0 Å². The van der Waals surface area contributed by atoms with Gasteiger partial charge in [0.25, 0.3) is 0 Å². The zero-order chi connectivity index (χ0) is 17.1. The molecule has 0 saturated heterocycles. The summed E-state index contributed by atoms with van der Waals surface area (Å²) in [5.41, 5.74) is 0.727. The lowest BCUT2D eigenvalue weighted by Crippen LogP contribution is -2.19. The molecule has 3 nitrogen and oxygen atoms in total. The molecule has 2 atom stereocenters. The van der Waals surface area contributed by atoms with E-state index in [0.29, 0.717) is 12.2 Å². The second kappa shape index (κ2) is 7.34. The van der Waals surface area contributed by atoms with Crippen molar-refractivity contribution in [2.24, 2.45) is 0 Å². The molecule has 0 aliphatic heterocycles. The van der Waals surface area contributed by atoms with Crippen LogP contribution < -0.4 is 0 Å². The van der Waals surface area contributed by atoms with Crippen molar-refractivity contribution in [3.8, 4) is 0 Å². The van der Waals surface area contributed by atoms with E-state index in [1.807, 2.05) is 48.5 Å². The minimum atomic E-state index is -0.980. The largest absolute Gasteiger partial charge is 0.390 e. The van der Waals surface area contributed by atoms with E-state index < -0.39 is 12.2 Å². The first-order chi connectivity index (χ1) is 11.6. The van der Waals surface area contributed by atoms with E-state index in [1.165, 1.54) is 18.7 Å². The van der Waals surface area contributed by atoms with Crippen molar-refractivity contribution in [2.45, 2.75) is 25.6 Å². The highest BCUT2D eigenvalue weighted by Gasteiger charge is 2.21. The van der Waals surface area contributed by atoms with E-state index in [0.717, 1.165) is 27.1 Å². The summed E-state index contributed by atoms with van der Waals surface area (Å²) in [5, 5.41) is 25.2. The molecule has 0 amide bonds. The monoisotopic (exact) mass is 340 g/mol. The molecule has 2 unspecified atom stereocenters. The molecule has 0 heterocycles. The Bertz CT molecular complexity index is 875. The number of fused-ring (bicyclic) bond motifs is 3. The lowest BCUT2D eigenvalue weighted by Gasteiger charge is -2.20. The number of carbonyl (C=O) groups is 1. The molecule has 0 spiro atoms. The Balaban J connectivity index is 1.99. The fraction of sp³-hybridized carbons (Fsp3) is 0.250. The summed E-state index contributed by atoms with van der Waals surface area (Å²) in [5.74, 6) is 0.499. The van der Waals surface area contributed by atoms with Crippen LogP contribution in [-0.2, 0) is 4.79 Å². The quantitative estimate of drug-likeness (QED) is 0.688. The summed E-state index contributed by atoms with van der Waals surface area (Å²) in [6.45, 7) is 1.50. The van der Waals surface area contributed by atoms with Gasteiger partial charge in [-0.25, -0.2) is 0 Å². The van der Waals surface area contributed by atoms with Crippen molar-refractivity contribution >= 4 is 38.4 Å². The molecule has 4 heteroatoms. The van der Waals surface area contributed by atoms with Crippen LogP contribution in [0.3, 0.4) is 0 Å². The van der Waals surface area contributed by atoms with E-state index >= 15 is 0 Å². The molecule has 2 N–H and O–H groups in total. The Labute approximate surface area is 145 Å². The van der Waals surface area contributed by atoms with Crippen LogP contribution in [0.15, 0.2) is 54.6 Å². The summed E-state index contributed by atoms with van der Waals surface area (Å²) in [6.07, 6.45) is -1.51. The first kappa shape index (κ1) is 17.0. The van der Waals surface area contributed by atoms with Gasteiger partial charge in [-0.1, -0.05) is 60.3 Å². The lowest BCUT2D eigenvalue weighted by molar-refractivity contribution is -0.109. The predicted molar refractivity (Wildman–Crippen MR) is 100 cm³/mol. The summed E-state index contributed by atoms with van der Waals surface area (Å²) < 4.78 is 0. The summed E-state index contributed by atoms with van der Waals surface area (Å²) in [7, 11) is 0. The Morgan fingerprint density at radius 2 is 1.62 bits per heavy atom. The molecular formula is C20H20O3S. The molecule has 0 fully saturated rings. The average molecular weight is 340 g/mol. The van der Waals surface area contributed by atoms with Gasteiger partial charge < -0.3 is 10.2 Å². The van der Waals surface area contributed by atoms with E-state index in [2.05, 4.69) is 6.07 Å². The fourth-order valence-corrected chi connectivity index (χ4v) is 3.66. The first-order valence-corrected chi connectivity index (χ1v) is 8.96. The highest BCUT2D eigenvalue weighted by atomic mass is 32.2. The zero-order valence-corrected chi connectivity index (χ0v) is 14.3. The number of aliphatic hydroxyl groups is 2. The van der Waals surface area contributed by atoms with Gasteiger partial charge in [0.1, 0.15) is 6.10 Å². The van der Waals surface area contributed by atoms with Gasteiger partial charge in [0.05, 0.1) is 6.10 Å². The summed E-state index contributed by atoms with van der Waals surface area (Å²) >= 11 is 1.17. The van der Waals surface area contributed by atoms with Gasteiger partial charge in [-0.3, -0.25) is 4.79 Å². The molecule has 0 saturated carbocycles. The van der Waals surface area contributed by atoms with Crippen LogP contribution in [0.5, 0.6) is 0 Å². The summed E-state index contributed by atoms with van der Waals surface area (Å²) in [6, 6.07) is 17.9. The number of aliphatic hydroxyl groups excluding tert-OH is 2. The van der Waals surface area contributed by atoms with Crippen molar-refractivity contribution in [1.29, 1.82) is 0 Å². The molecule has 124 valence electrons. The molecule has 0 radical (unpaired) electrons. The van der Waals surface area contributed by atoms with Crippen molar-refractivity contribution in [2.75, 3.05) is 5.75 Å². The molecule has 3 aromatic rings. The molecule has 3 rings (SSSR count). The van der Waals surface area contributed by atoms with Gasteiger partial charge in [0.2, 0.25) is 0 Å². The third kappa shape index (κ3) is 3.46. The van der Waals surface area contributed by atoms with Crippen molar-refractivity contribution in [3.63, 3.8) is 0 Å².